The molecule has 0 spiro atoms. The Bertz CT molecular complexity index is 515. The molecular formula is C19H32N4O. The summed E-state index contributed by atoms with van der Waals surface area (Å²) in [4.78, 5) is 8.99. The van der Waals surface area contributed by atoms with Crippen LogP contribution in [-0.2, 0) is 11.3 Å². The number of aromatic nitrogens is 1. The fraction of sp³-hybridized carbons (Fsp3) is 0.684. The minimum atomic E-state index is 0.120. The van der Waals surface area contributed by atoms with Crippen molar-refractivity contribution in [1.29, 1.82) is 0 Å². The molecule has 24 heavy (non-hydrogen) atoms. The third-order valence-corrected chi connectivity index (χ3v) is 4.78. The van der Waals surface area contributed by atoms with Gasteiger partial charge in [-0.1, -0.05) is 33.3 Å². The van der Waals surface area contributed by atoms with Crippen molar-refractivity contribution in [2.24, 2.45) is 10.4 Å². The molecule has 0 saturated heterocycles. The summed E-state index contributed by atoms with van der Waals surface area (Å²) in [5.41, 5.74) is 1.10. The number of hydrogen-bond acceptors (Lipinski definition) is 3. The number of guanidine groups is 1. The summed E-state index contributed by atoms with van der Waals surface area (Å²) in [7, 11) is 0. The van der Waals surface area contributed by atoms with Crippen LogP contribution in [0.1, 0.15) is 52.7 Å². The van der Waals surface area contributed by atoms with Crippen molar-refractivity contribution in [3.63, 3.8) is 0 Å². The molecule has 1 saturated carbocycles. The van der Waals surface area contributed by atoms with Crippen molar-refractivity contribution in [1.82, 2.24) is 15.6 Å². The summed E-state index contributed by atoms with van der Waals surface area (Å²) in [6, 6.07) is 6.29. The third kappa shape index (κ3) is 4.94. The molecule has 2 atom stereocenters. The predicted molar refractivity (Wildman–Crippen MR) is 99.0 cm³/mol. The molecule has 0 amide bonds. The molecule has 5 nitrogen and oxygen atoms in total. The van der Waals surface area contributed by atoms with E-state index in [1.165, 1.54) is 6.42 Å². The van der Waals surface area contributed by atoms with E-state index in [0.717, 1.165) is 37.6 Å². The highest BCUT2D eigenvalue weighted by Gasteiger charge is 2.49. The lowest BCUT2D eigenvalue weighted by atomic mass is 9.64. The summed E-state index contributed by atoms with van der Waals surface area (Å²) in [6.07, 6.45) is 5.49. The minimum absolute atomic E-state index is 0.120. The van der Waals surface area contributed by atoms with Crippen LogP contribution < -0.4 is 10.6 Å². The molecule has 1 fully saturated rings. The summed E-state index contributed by atoms with van der Waals surface area (Å²) >= 11 is 0. The molecule has 0 aromatic carbocycles. The van der Waals surface area contributed by atoms with E-state index in [2.05, 4.69) is 48.3 Å². The first-order chi connectivity index (χ1) is 11.6. The van der Waals surface area contributed by atoms with E-state index in [0.29, 0.717) is 18.7 Å². The van der Waals surface area contributed by atoms with Gasteiger partial charge in [-0.05, 0) is 31.9 Å². The summed E-state index contributed by atoms with van der Waals surface area (Å²) in [5, 5.41) is 6.89. The zero-order chi connectivity index (χ0) is 17.4. The second-order valence-corrected chi connectivity index (χ2v) is 6.98. The summed E-state index contributed by atoms with van der Waals surface area (Å²) in [6.45, 7) is 11.1. The SMILES string of the molecule is CCCCOC1CC(NC(=NCc2ccccn2)NCC)C1(C)C. The van der Waals surface area contributed by atoms with Crippen molar-refractivity contribution in [2.45, 2.75) is 65.6 Å². The molecule has 1 aromatic heterocycles. The first-order valence-electron chi connectivity index (χ1n) is 9.14. The normalized spacial score (nSPS) is 22.8. The molecule has 2 rings (SSSR count). The van der Waals surface area contributed by atoms with Crippen molar-refractivity contribution < 1.29 is 4.74 Å². The first kappa shape index (κ1) is 18.7. The molecule has 1 aliphatic carbocycles. The summed E-state index contributed by atoms with van der Waals surface area (Å²) in [5.74, 6) is 0.855. The lowest BCUT2D eigenvalue weighted by molar-refractivity contribution is -0.113. The van der Waals surface area contributed by atoms with Gasteiger partial charge >= 0.3 is 0 Å². The number of ether oxygens (including phenoxy) is 1. The lowest BCUT2D eigenvalue weighted by Crippen LogP contribution is -2.63. The monoisotopic (exact) mass is 332 g/mol. The van der Waals surface area contributed by atoms with Crippen LogP contribution in [0.2, 0.25) is 0 Å². The Morgan fingerprint density at radius 1 is 1.38 bits per heavy atom. The van der Waals surface area contributed by atoms with E-state index in [9.17, 15) is 0 Å². The van der Waals surface area contributed by atoms with E-state index in [1.807, 2.05) is 18.2 Å². The maximum Gasteiger partial charge on any atom is 0.191 e. The molecule has 1 aliphatic rings. The highest BCUT2D eigenvalue weighted by atomic mass is 16.5. The predicted octanol–water partition coefficient (Wildman–Crippen LogP) is 3.12. The van der Waals surface area contributed by atoms with Crippen LogP contribution in [0.5, 0.6) is 0 Å². The van der Waals surface area contributed by atoms with Gasteiger partial charge in [-0.25, -0.2) is 4.99 Å². The van der Waals surface area contributed by atoms with E-state index in [-0.39, 0.29) is 5.41 Å². The highest BCUT2D eigenvalue weighted by molar-refractivity contribution is 5.80. The van der Waals surface area contributed by atoms with E-state index in [4.69, 9.17) is 4.74 Å². The van der Waals surface area contributed by atoms with Gasteiger partial charge in [0.15, 0.2) is 5.96 Å². The number of pyridine rings is 1. The average molecular weight is 332 g/mol. The Kier molecular flexibility index (Phi) is 7.03. The van der Waals surface area contributed by atoms with Crippen LogP contribution in [-0.4, -0.2) is 36.2 Å². The summed E-state index contributed by atoms with van der Waals surface area (Å²) < 4.78 is 6.02. The maximum atomic E-state index is 6.02. The van der Waals surface area contributed by atoms with Gasteiger partial charge in [0.25, 0.3) is 0 Å². The van der Waals surface area contributed by atoms with Crippen molar-refractivity contribution in [3.05, 3.63) is 30.1 Å². The Labute approximate surface area is 146 Å². The Balaban J connectivity index is 1.89. The van der Waals surface area contributed by atoms with Gasteiger partial charge in [-0.15, -0.1) is 0 Å². The van der Waals surface area contributed by atoms with Crippen LogP contribution in [0.15, 0.2) is 29.4 Å². The van der Waals surface area contributed by atoms with Gasteiger partial charge < -0.3 is 15.4 Å². The molecule has 1 aromatic rings. The second-order valence-electron chi connectivity index (χ2n) is 6.98. The van der Waals surface area contributed by atoms with Crippen molar-refractivity contribution in [3.8, 4) is 0 Å². The fourth-order valence-corrected chi connectivity index (χ4v) is 2.92. The molecule has 2 N–H and O–H groups in total. The number of hydrogen-bond donors (Lipinski definition) is 2. The van der Waals surface area contributed by atoms with Crippen molar-refractivity contribution >= 4 is 5.96 Å². The quantitative estimate of drug-likeness (QED) is 0.436. The minimum Gasteiger partial charge on any atom is -0.378 e. The van der Waals surface area contributed by atoms with Gasteiger partial charge in [0, 0.05) is 30.8 Å². The highest BCUT2D eigenvalue weighted by Crippen LogP contribution is 2.42. The topological polar surface area (TPSA) is 58.5 Å². The van der Waals surface area contributed by atoms with Crippen LogP contribution in [0, 0.1) is 5.41 Å². The molecule has 2 unspecified atom stereocenters. The lowest BCUT2D eigenvalue weighted by Gasteiger charge is -2.52. The molecular weight excluding hydrogens is 300 g/mol. The molecule has 0 bridgehead atoms. The van der Waals surface area contributed by atoms with Gasteiger partial charge in [-0.2, -0.15) is 0 Å². The van der Waals surface area contributed by atoms with Gasteiger partial charge in [0.1, 0.15) is 0 Å². The van der Waals surface area contributed by atoms with Crippen LogP contribution in [0.4, 0.5) is 0 Å². The van der Waals surface area contributed by atoms with Gasteiger partial charge in [0.2, 0.25) is 0 Å². The van der Waals surface area contributed by atoms with E-state index in [1.54, 1.807) is 6.20 Å². The molecule has 5 heteroatoms. The molecule has 0 aliphatic heterocycles. The van der Waals surface area contributed by atoms with Crippen molar-refractivity contribution in [2.75, 3.05) is 13.2 Å². The van der Waals surface area contributed by atoms with Gasteiger partial charge in [0.05, 0.1) is 18.3 Å². The van der Waals surface area contributed by atoms with Crippen LogP contribution in [0.25, 0.3) is 0 Å². The van der Waals surface area contributed by atoms with Gasteiger partial charge in [-0.3, -0.25) is 4.98 Å². The molecule has 1 heterocycles. The first-order valence-corrected chi connectivity index (χ1v) is 9.14. The number of nitrogens with one attached hydrogen (secondary N) is 2. The fourth-order valence-electron chi connectivity index (χ4n) is 2.92. The zero-order valence-electron chi connectivity index (χ0n) is 15.5. The number of rotatable bonds is 8. The maximum absolute atomic E-state index is 6.02. The number of unbranched alkanes of at least 4 members (excludes halogenated alkanes) is 1. The number of aliphatic imine (C=N–C) groups is 1. The third-order valence-electron chi connectivity index (χ3n) is 4.78. The Morgan fingerprint density at radius 2 is 2.21 bits per heavy atom. The molecule has 134 valence electrons. The largest absolute Gasteiger partial charge is 0.378 e. The smallest absolute Gasteiger partial charge is 0.191 e. The second kappa shape index (κ2) is 9.02. The van der Waals surface area contributed by atoms with Crippen LogP contribution >= 0.6 is 0 Å². The van der Waals surface area contributed by atoms with E-state index >= 15 is 0 Å². The average Bonchev–Trinajstić information content (AvgIpc) is 2.59. The van der Waals surface area contributed by atoms with E-state index < -0.39 is 0 Å². The van der Waals surface area contributed by atoms with Crippen LogP contribution in [0.3, 0.4) is 0 Å². The standard InChI is InChI=1S/C19H32N4O/c1-5-7-12-24-17-13-16(19(17,3)4)23-18(20-6-2)22-14-15-10-8-9-11-21-15/h8-11,16-17H,5-7,12-14H2,1-4H3,(H2,20,22,23). The Hall–Kier alpha value is -1.62. The number of nitrogens with zero attached hydrogens (tertiary/aromatic N) is 2. The zero-order valence-corrected chi connectivity index (χ0v) is 15.5. The Morgan fingerprint density at radius 3 is 2.83 bits per heavy atom. The molecule has 0 radical (unpaired) electrons.